The lowest BCUT2D eigenvalue weighted by molar-refractivity contribution is -0.140. The van der Waals surface area contributed by atoms with Gasteiger partial charge in [-0.15, -0.1) is 0 Å². The Bertz CT molecular complexity index is 1010. The lowest BCUT2D eigenvalue weighted by atomic mass is 9.94. The molecule has 1 aromatic heterocycles. The molecular formula is C26H33ClN4O2. The van der Waals surface area contributed by atoms with Crippen LogP contribution >= 0.6 is 11.6 Å². The van der Waals surface area contributed by atoms with Gasteiger partial charge in [0.1, 0.15) is 5.15 Å². The third kappa shape index (κ3) is 5.67. The quantitative estimate of drug-likeness (QED) is 0.608. The van der Waals surface area contributed by atoms with Gasteiger partial charge in [0.2, 0.25) is 11.8 Å². The highest BCUT2D eigenvalue weighted by atomic mass is 35.5. The molecule has 7 heteroatoms. The van der Waals surface area contributed by atoms with Crippen molar-refractivity contribution in [2.75, 3.05) is 26.2 Å². The van der Waals surface area contributed by atoms with Crippen molar-refractivity contribution in [3.8, 4) is 0 Å². The number of halogens is 1. The van der Waals surface area contributed by atoms with Gasteiger partial charge in [0.15, 0.2) is 0 Å². The molecule has 0 atom stereocenters. The Hall–Kier alpha value is -2.60. The van der Waals surface area contributed by atoms with Gasteiger partial charge in [0.05, 0.1) is 12.2 Å². The third-order valence-electron chi connectivity index (χ3n) is 6.78. The molecule has 0 aliphatic carbocycles. The number of carbonyl (C=O) groups is 2. The van der Waals surface area contributed by atoms with Crippen molar-refractivity contribution in [3.05, 3.63) is 57.9 Å². The molecule has 2 saturated heterocycles. The van der Waals surface area contributed by atoms with Crippen LogP contribution in [-0.2, 0) is 16.1 Å². The second-order valence-corrected chi connectivity index (χ2v) is 9.61. The Balaban J connectivity index is 1.33. The molecule has 3 heterocycles. The molecule has 2 aromatic rings. The van der Waals surface area contributed by atoms with Crippen LogP contribution in [0.5, 0.6) is 0 Å². The first-order chi connectivity index (χ1) is 15.9. The summed E-state index contributed by atoms with van der Waals surface area (Å²) in [6.45, 7) is 7.56. The molecule has 1 aromatic carbocycles. The number of nitrogens with zero attached hydrogens (tertiary/aromatic N) is 4. The van der Waals surface area contributed by atoms with E-state index in [1.165, 1.54) is 12.0 Å². The van der Waals surface area contributed by atoms with E-state index in [1.807, 2.05) is 16.7 Å². The zero-order chi connectivity index (χ0) is 23.4. The average molecular weight is 469 g/mol. The van der Waals surface area contributed by atoms with Gasteiger partial charge in [-0.2, -0.15) is 5.10 Å². The minimum absolute atomic E-state index is 0.0411. The molecule has 4 rings (SSSR count). The monoisotopic (exact) mass is 468 g/mol. The van der Waals surface area contributed by atoms with Crippen LogP contribution in [0.15, 0.2) is 30.3 Å². The normalized spacial score (nSPS) is 17.7. The highest BCUT2D eigenvalue weighted by Crippen LogP contribution is 2.24. The van der Waals surface area contributed by atoms with E-state index in [4.69, 9.17) is 11.6 Å². The zero-order valence-electron chi connectivity index (χ0n) is 19.6. The van der Waals surface area contributed by atoms with Gasteiger partial charge in [-0.05, 0) is 57.6 Å². The van der Waals surface area contributed by atoms with E-state index < -0.39 is 0 Å². The van der Waals surface area contributed by atoms with Crippen LogP contribution < -0.4 is 0 Å². The predicted octanol–water partition coefficient (Wildman–Crippen LogP) is 4.47. The Morgan fingerprint density at radius 2 is 1.67 bits per heavy atom. The summed E-state index contributed by atoms with van der Waals surface area (Å²) in [5, 5.41) is 5.09. The first-order valence-corrected chi connectivity index (χ1v) is 12.3. The van der Waals surface area contributed by atoms with Crippen LogP contribution in [0.2, 0.25) is 5.15 Å². The maximum absolute atomic E-state index is 12.8. The summed E-state index contributed by atoms with van der Waals surface area (Å²) < 4.78 is 1.77. The number of amides is 2. The fourth-order valence-corrected chi connectivity index (χ4v) is 5.00. The van der Waals surface area contributed by atoms with E-state index in [1.54, 1.807) is 16.8 Å². The summed E-state index contributed by atoms with van der Waals surface area (Å²) in [6, 6.07) is 8.29. The van der Waals surface area contributed by atoms with Crippen molar-refractivity contribution < 1.29 is 9.59 Å². The van der Waals surface area contributed by atoms with E-state index in [9.17, 15) is 9.59 Å². The van der Waals surface area contributed by atoms with Gasteiger partial charge in [-0.1, -0.05) is 41.4 Å². The van der Waals surface area contributed by atoms with Crippen LogP contribution in [0.4, 0.5) is 0 Å². The van der Waals surface area contributed by atoms with Gasteiger partial charge in [0.25, 0.3) is 0 Å². The van der Waals surface area contributed by atoms with E-state index in [-0.39, 0.29) is 17.7 Å². The van der Waals surface area contributed by atoms with Gasteiger partial charge >= 0.3 is 0 Å². The fourth-order valence-electron chi connectivity index (χ4n) is 4.71. The Kier molecular flexibility index (Phi) is 7.53. The van der Waals surface area contributed by atoms with Gasteiger partial charge < -0.3 is 9.80 Å². The number of aromatic nitrogens is 2. The first-order valence-electron chi connectivity index (χ1n) is 12.0. The molecule has 33 heavy (non-hydrogen) atoms. The predicted molar refractivity (Wildman–Crippen MR) is 131 cm³/mol. The number of hydrogen-bond donors (Lipinski definition) is 0. The molecule has 0 bridgehead atoms. The smallest absolute Gasteiger partial charge is 0.246 e. The van der Waals surface area contributed by atoms with Crippen molar-refractivity contribution in [3.63, 3.8) is 0 Å². The van der Waals surface area contributed by atoms with Crippen molar-refractivity contribution >= 4 is 29.5 Å². The molecule has 0 unspecified atom stereocenters. The van der Waals surface area contributed by atoms with Gasteiger partial charge in [0, 0.05) is 43.7 Å². The SMILES string of the molecule is Cc1ccc(Cn2nc(C)c(/C=C/C(=O)N3CCC(C(=O)N4CCCCC4)CC3)c2Cl)cc1. The van der Waals surface area contributed by atoms with E-state index in [0.29, 0.717) is 24.8 Å². The minimum atomic E-state index is -0.0411. The van der Waals surface area contributed by atoms with Crippen molar-refractivity contribution in [1.82, 2.24) is 19.6 Å². The van der Waals surface area contributed by atoms with Gasteiger partial charge in [-0.3, -0.25) is 9.59 Å². The first kappa shape index (κ1) is 23.6. The number of aryl methyl sites for hydroxylation is 2. The van der Waals surface area contributed by atoms with Crippen molar-refractivity contribution in [2.45, 2.75) is 52.5 Å². The zero-order valence-corrected chi connectivity index (χ0v) is 20.4. The van der Waals surface area contributed by atoms with Crippen LogP contribution in [0.1, 0.15) is 54.5 Å². The number of piperidine rings is 2. The molecular weight excluding hydrogens is 436 g/mol. The molecule has 0 saturated carbocycles. The van der Waals surface area contributed by atoms with E-state index in [0.717, 1.165) is 55.6 Å². The summed E-state index contributed by atoms with van der Waals surface area (Å²) in [5.74, 6) is 0.286. The number of benzene rings is 1. The Labute approximate surface area is 201 Å². The number of carbonyl (C=O) groups excluding carboxylic acids is 2. The molecule has 2 aliphatic rings. The number of rotatable bonds is 5. The molecule has 2 aliphatic heterocycles. The Morgan fingerprint density at radius 1 is 1.00 bits per heavy atom. The third-order valence-corrected chi connectivity index (χ3v) is 7.18. The molecule has 2 fully saturated rings. The maximum atomic E-state index is 12.8. The van der Waals surface area contributed by atoms with E-state index >= 15 is 0 Å². The highest BCUT2D eigenvalue weighted by molar-refractivity contribution is 6.31. The molecule has 176 valence electrons. The summed E-state index contributed by atoms with van der Waals surface area (Å²) >= 11 is 6.59. The summed E-state index contributed by atoms with van der Waals surface area (Å²) in [6.07, 6.45) is 8.27. The maximum Gasteiger partial charge on any atom is 0.246 e. The largest absolute Gasteiger partial charge is 0.342 e. The number of hydrogen-bond acceptors (Lipinski definition) is 3. The summed E-state index contributed by atoms with van der Waals surface area (Å²) in [7, 11) is 0. The lowest BCUT2D eigenvalue weighted by Crippen LogP contribution is -2.45. The molecule has 0 spiro atoms. The standard InChI is InChI=1S/C26H33ClN4O2/c1-19-6-8-21(9-7-19)18-31-25(27)23(20(2)28-31)10-11-24(32)29-16-12-22(13-17-29)26(33)30-14-4-3-5-15-30/h6-11,22H,3-5,12-18H2,1-2H3/b11-10+. The molecule has 0 N–H and O–H groups in total. The molecule has 2 amide bonds. The van der Waals surface area contributed by atoms with Crippen molar-refractivity contribution in [1.29, 1.82) is 0 Å². The minimum Gasteiger partial charge on any atom is -0.342 e. The van der Waals surface area contributed by atoms with Gasteiger partial charge in [-0.25, -0.2) is 4.68 Å². The Morgan fingerprint density at radius 3 is 2.33 bits per heavy atom. The fraction of sp³-hybridized carbons (Fsp3) is 0.500. The summed E-state index contributed by atoms with van der Waals surface area (Å²) in [5.41, 5.74) is 3.90. The molecule has 0 radical (unpaired) electrons. The van der Waals surface area contributed by atoms with Crippen LogP contribution in [0, 0.1) is 19.8 Å². The van der Waals surface area contributed by atoms with E-state index in [2.05, 4.69) is 36.3 Å². The van der Waals surface area contributed by atoms with Crippen molar-refractivity contribution in [2.24, 2.45) is 5.92 Å². The molecule has 6 nitrogen and oxygen atoms in total. The highest BCUT2D eigenvalue weighted by Gasteiger charge is 2.30. The van der Waals surface area contributed by atoms with Crippen LogP contribution in [-0.4, -0.2) is 57.6 Å². The lowest BCUT2D eigenvalue weighted by Gasteiger charge is -2.35. The summed E-state index contributed by atoms with van der Waals surface area (Å²) in [4.78, 5) is 29.4. The van der Waals surface area contributed by atoms with Crippen LogP contribution in [0.3, 0.4) is 0 Å². The number of likely N-dealkylation sites (tertiary alicyclic amines) is 2. The second-order valence-electron chi connectivity index (χ2n) is 9.25. The second kappa shape index (κ2) is 10.6. The average Bonchev–Trinajstić information content (AvgIpc) is 3.11. The topological polar surface area (TPSA) is 58.4 Å². The van der Waals surface area contributed by atoms with Crippen LogP contribution in [0.25, 0.3) is 6.08 Å².